The Morgan fingerprint density at radius 2 is 1.69 bits per heavy atom. The molecule has 0 amide bonds. The number of para-hydroxylation sites is 1. The molecule has 0 unspecified atom stereocenters. The number of piperazine rings is 1. The second-order valence-corrected chi connectivity index (χ2v) is 9.19. The van der Waals surface area contributed by atoms with E-state index in [0.29, 0.717) is 6.54 Å². The van der Waals surface area contributed by atoms with Gasteiger partial charge in [-0.25, -0.2) is 4.72 Å². The van der Waals surface area contributed by atoms with Crippen LogP contribution in [0.15, 0.2) is 30.3 Å². The van der Waals surface area contributed by atoms with Crippen LogP contribution < -0.4 is 9.62 Å². The summed E-state index contributed by atoms with van der Waals surface area (Å²) in [5, 5.41) is 0. The Morgan fingerprint density at radius 3 is 2.35 bits per heavy atom. The molecule has 1 saturated heterocycles. The van der Waals surface area contributed by atoms with E-state index in [-0.39, 0.29) is 6.04 Å². The molecule has 1 heterocycles. The second-order valence-electron chi connectivity index (χ2n) is 7.37. The Bertz CT molecular complexity index is 639. The quantitative estimate of drug-likeness (QED) is 0.785. The van der Waals surface area contributed by atoms with Gasteiger partial charge in [0.1, 0.15) is 0 Å². The van der Waals surface area contributed by atoms with Crippen molar-refractivity contribution < 1.29 is 8.42 Å². The van der Waals surface area contributed by atoms with E-state index in [1.54, 1.807) is 11.4 Å². The van der Waals surface area contributed by atoms with Gasteiger partial charge >= 0.3 is 0 Å². The van der Waals surface area contributed by atoms with Crippen molar-refractivity contribution in [2.75, 3.05) is 51.2 Å². The van der Waals surface area contributed by atoms with Crippen LogP contribution in [-0.4, -0.2) is 70.0 Å². The average molecular weight is 381 g/mol. The molecule has 1 aliphatic heterocycles. The molecule has 6 nitrogen and oxygen atoms in total. The van der Waals surface area contributed by atoms with E-state index >= 15 is 0 Å². The lowest BCUT2D eigenvalue weighted by atomic mass is 9.96. The zero-order chi connectivity index (χ0) is 18.4. The maximum atomic E-state index is 12.5. The van der Waals surface area contributed by atoms with Gasteiger partial charge in [0, 0.05) is 58.0 Å². The molecule has 2 aliphatic rings. The van der Waals surface area contributed by atoms with Gasteiger partial charge in [-0.15, -0.1) is 0 Å². The monoisotopic (exact) mass is 380 g/mol. The molecule has 1 aliphatic carbocycles. The molecular formula is C19H32N4O2S. The Hall–Kier alpha value is -1.15. The molecule has 0 spiro atoms. The van der Waals surface area contributed by atoms with Crippen molar-refractivity contribution in [2.24, 2.45) is 0 Å². The van der Waals surface area contributed by atoms with Crippen LogP contribution in [0.1, 0.15) is 32.1 Å². The fourth-order valence-corrected chi connectivity index (χ4v) is 5.10. The number of anilines is 1. The summed E-state index contributed by atoms with van der Waals surface area (Å²) in [6, 6.07) is 10.6. The van der Waals surface area contributed by atoms with Crippen molar-refractivity contribution in [2.45, 2.75) is 38.1 Å². The summed E-state index contributed by atoms with van der Waals surface area (Å²) >= 11 is 0. The van der Waals surface area contributed by atoms with Crippen molar-refractivity contribution in [1.29, 1.82) is 0 Å². The fourth-order valence-electron chi connectivity index (χ4n) is 3.94. The minimum absolute atomic E-state index is 0.163. The molecule has 1 N–H and O–H groups in total. The highest BCUT2D eigenvalue weighted by Gasteiger charge is 2.27. The van der Waals surface area contributed by atoms with E-state index in [9.17, 15) is 8.42 Å². The maximum Gasteiger partial charge on any atom is 0.279 e. The molecular weight excluding hydrogens is 348 g/mol. The van der Waals surface area contributed by atoms with Gasteiger partial charge in [0.15, 0.2) is 0 Å². The predicted octanol–water partition coefficient (Wildman–Crippen LogP) is 1.91. The second kappa shape index (κ2) is 9.17. The summed E-state index contributed by atoms with van der Waals surface area (Å²) in [6.45, 7) is 5.15. The van der Waals surface area contributed by atoms with E-state index in [4.69, 9.17) is 0 Å². The van der Waals surface area contributed by atoms with Crippen LogP contribution in [0.25, 0.3) is 0 Å². The molecule has 0 bridgehead atoms. The highest BCUT2D eigenvalue weighted by atomic mass is 32.2. The highest BCUT2D eigenvalue weighted by Crippen LogP contribution is 2.23. The minimum Gasteiger partial charge on any atom is -0.369 e. The summed E-state index contributed by atoms with van der Waals surface area (Å²) < 4.78 is 29.3. The molecule has 7 heteroatoms. The average Bonchev–Trinajstić information content (AvgIpc) is 2.69. The standard InChI is InChI=1S/C19H32N4O2S/c1-21(18-8-4-2-5-9-18)26(24,25)20-12-13-22-14-16-23(17-15-22)19-10-6-3-7-11-19/h3,6-7,10-11,18,20H,2,4-5,8-9,12-17H2,1H3. The normalized spacial score (nSPS) is 20.6. The molecule has 2 fully saturated rings. The summed E-state index contributed by atoms with van der Waals surface area (Å²) in [6.07, 6.45) is 5.47. The fraction of sp³-hybridized carbons (Fsp3) is 0.684. The number of hydrogen-bond acceptors (Lipinski definition) is 4. The van der Waals surface area contributed by atoms with Gasteiger partial charge in [-0.1, -0.05) is 37.5 Å². The maximum absolute atomic E-state index is 12.5. The number of nitrogens with one attached hydrogen (secondary N) is 1. The first-order valence-corrected chi connectivity index (χ1v) is 11.3. The predicted molar refractivity (Wildman–Crippen MR) is 107 cm³/mol. The molecule has 146 valence electrons. The van der Waals surface area contributed by atoms with Gasteiger partial charge in [0.25, 0.3) is 10.2 Å². The molecule has 1 aromatic rings. The number of hydrogen-bond donors (Lipinski definition) is 1. The zero-order valence-corrected chi connectivity index (χ0v) is 16.6. The van der Waals surface area contributed by atoms with E-state index in [1.807, 2.05) is 6.07 Å². The van der Waals surface area contributed by atoms with Gasteiger partial charge in [0.05, 0.1) is 0 Å². The molecule has 1 saturated carbocycles. The topological polar surface area (TPSA) is 55.9 Å². The first-order chi connectivity index (χ1) is 12.6. The van der Waals surface area contributed by atoms with E-state index in [2.05, 4.69) is 38.8 Å². The van der Waals surface area contributed by atoms with E-state index in [1.165, 1.54) is 12.1 Å². The van der Waals surface area contributed by atoms with Crippen molar-refractivity contribution >= 4 is 15.9 Å². The minimum atomic E-state index is -3.37. The van der Waals surface area contributed by atoms with Crippen molar-refractivity contribution in [3.63, 3.8) is 0 Å². The Kier molecular flexibility index (Phi) is 6.92. The van der Waals surface area contributed by atoms with Gasteiger partial charge in [-0.05, 0) is 25.0 Å². The Labute approximate surface area is 158 Å². The molecule has 0 aromatic heterocycles. The third kappa shape index (κ3) is 5.19. The highest BCUT2D eigenvalue weighted by molar-refractivity contribution is 7.87. The van der Waals surface area contributed by atoms with Gasteiger partial charge in [-0.3, -0.25) is 4.90 Å². The SMILES string of the molecule is CN(C1CCCCC1)S(=O)(=O)NCCN1CCN(c2ccccc2)CC1. The van der Waals surface area contributed by atoms with Crippen molar-refractivity contribution in [1.82, 2.24) is 13.9 Å². The molecule has 26 heavy (non-hydrogen) atoms. The van der Waals surface area contributed by atoms with Crippen LogP contribution in [-0.2, 0) is 10.2 Å². The first-order valence-electron chi connectivity index (χ1n) is 9.81. The molecule has 0 atom stereocenters. The van der Waals surface area contributed by atoms with Gasteiger partial charge in [0.2, 0.25) is 0 Å². The molecule has 3 rings (SSSR count). The van der Waals surface area contributed by atoms with Crippen LogP contribution >= 0.6 is 0 Å². The van der Waals surface area contributed by atoms with E-state index < -0.39 is 10.2 Å². The van der Waals surface area contributed by atoms with E-state index in [0.717, 1.165) is 58.4 Å². The Balaban J connectivity index is 1.39. The van der Waals surface area contributed by atoms with Crippen LogP contribution in [0.2, 0.25) is 0 Å². The summed E-state index contributed by atoms with van der Waals surface area (Å²) in [5.41, 5.74) is 1.27. The third-order valence-corrected chi connectivity index (χ3v) is 7.30. The number of nitrogens with zero attached hydrogens (tertiary/aromatic N) is 3. The van der Waals surface area contributed by atoms with Gasteiger partial charge < -0.3 is 4.90 Å². The summed E-state index contributed by atoms with van der Waals surface area (Å²) in [5.74, 6) is 0. The first kappa shape index (κ1) is 19.6. The van der Waals surface area contributed by atoms with Crippen LogP contribution in [0.4, 0.5) is 5.69 Å². The van der Waals surface area contributed by atoms with Gasteiger partial charge in [-0.2, -0.15) is 12.7 Å². The summed E-state index contributed by atoms with van der Waals surface area (Å²) in [4.78, 5) is 4.72. The smallest absolute Gasteiger partial charge is 0.279 e. The zero-order valence-electron chi connectivity index (χ0n) is 15.8. The lowest BCUT2D eigenvalue weighted by molar-refractivity contribution is 0.258. The lowest BCUT2D eigenvalue weighted by Gasteiger charge is -2.36. The number of rotatable bonds is 7. The van der Waals surface area contributed by atoms with Crippen LogP contribution in [0.5, 0.6) is 0 Å². The van der Waals surface area contributed by atoms with Crippen LogP contribution in [0, 0.1) is 0 Å². The van der Waals surface area contributed by atoms with Crippen molar-refractivity contribution in [3.8, 4) is 0 Å². The number of benzene rings is 1. The Morgan fingerprint density at radius 1 is 1.04 bits per heavy atom. The van der Waals surface area contributed by atoms with Crippen molar-refractivity contribution in [3.05, 3.63) is 30.3 Å². The largest absolute Gasteiger partial charge is 0.369 e. The molecule has 0 radical (unpaired) electrons. The summed E-state index contributed by atoms with van der Waals surface area (Å²) in [7, 11) is -1.65. The lowest BCUT2D eigenvalue weighted by Crippen LogP contribution is -2.50. The van der Waals surface area contributed by atoms with Crippen LogP contribution in [0.3, 0.4) is 0 Å². The molecule has 1 aromatic carbocycles. The third-order valence-electron chi connectivity index (χ3n) is 5.67.